The smallest absolute Gasteiger partial charge is 0.331 e. The lowest BCUT2D eigenvalue weighted by atomic mass is 10.3. The molecule has 1 aromatic carbocycles. The lowest BCUT2D eigenvalue weighted by molar-refractivity contribution is -0.142. The van der Waals surface area contributed by atoms with Gasteiger partial charge in [0.25, 0.3) is 5.91 Å². The molecule has 0 radical (unpaired) electrons. The van der Waals surface area contributed by atoms with Crippen LogP contribution in [0.1, 0.15) is 5.69 Å². The molecular formula is C18H12ClF2N3O3. The van der Waals surface area contributed by atoms with Crippen LogP contribution < -0.4 is 5.32 Å². The molecule has 2 heterocycles. The van der Waals surface area contributed by atoms with Crippen LogP contribution in [-0.4, -0.2) is 27.9 Å². The number of anilines is 1. The Kier molecular flexibility index (Phi) is 5.46. The second-order valence-corrected chi connectivity index (χ2v) is 5.69. The number of benzene rings is 1. The van der Waals surface area contributed by atoms with Crippen molar-refractivity contribution >= 4 is 40.9 Å². The van der Waals surface area contributed by atoms with Gasteiger partial charge in [0.1, 0.15) is 17.3 Å². The van der Waals surface area contributed by atoms with Crippen LogP contribution in [0.15, 0.2) is 48.7 Å². The Balaban J connectivity index is 1.58. The van der Waals surface area contributed by atoms with E-state index < -0.39 is 30.1 Å². The van der Waals surface area contributed by atoms with E-state index in [4.69, 9.17) is 16.3 Å². The van der Waals surface area contributed by atoms with Crippen molar-refractivity contribution < 1.29 is 23.1 Å². The first kappa shape index (κ1) is 18.5. The van der Waals surface area contributed by atoms with Crippen molar-refractivity contribution in [2.24, 2.45) is 0 Å². The number of nitrogens with zero attached hydrogens (tertiary/aromatic N) is 2. The number of halogens is 3. The Hall–Kier alpha value is -3.26. The Labute approximate surface area is 157 Å². The number of imidazole rings is 1. The number of nitrogens with one attached hydrogen (secondary N) is 1. The summed E-state index contributed by atoms with van der Waals surface area (Å²) in [7, 11) is 0. The summed E-state index contributed by atoms with van der Waals surface area (Å²) >= 11 is 6.03. The van der Waals surface area contributed by atoms with Crippen LogP contribution in [0.4, 0.5) is 14.5 Å². The fourth-order valence-corrected chi connectivity index (χ4v) is 2.48. The SMILES string of the molecule is O=C(COC(=O)/C=C/c1c(Cl)nc2ccccn12)Nc1ccc(F)cc1F. The molecule has 1 N–H and O–H groups in total. The van der Waals surface area contributed by atoms with Crippen LogP contribution in [0.5, 0.6) is 0 Å². The van der Waals surface area contributed by atoms with Gasteiger partial charge < -0.3 is 10.1 Å². The number of pyridine rings is 1. The number of esters is 1. The van der Waals surface area contributed by atoms with Crippen LogP contribution in [-0.2, 0) is 14.3 Å². The molecule has 0 saturated heterocycles. The van der Waals surface area contributed by atoms with E-state index in [2.05, 4.69) is 10.3 Å². The molecule has 138 valence electrons. The average Bonchev–Trinajstić information content (AvgIpc) is 2.95. The number of carbonyl (C=O) groups excluding carboxylic acids is 2. The molecule has 0 fully saturated rings. The Bertz CT molecular complexity index is 1050. The minimum atomic E-state index is -0.933. The van der Waals surface area contributed by atoms with Gasteiger partial charge >= 0.3 is 5.97 Å². The van der Waals surface area contributed by atoms with Gasteiger partial charge in [-0.05, 0) is 30.3 Å². The third-order valence-corrected chi connectivity index (χ3v) is 3.73. The topological polar surface area (TPSA) is 72.7 Å². The van der Waals surface area contributed by atoms with Gasteiger partial charge in [0.05, 0.1) is 11.4 Å². The lowest BCUT2D eigenvalue weighted by Gasteiger charge is -2.06. The zero-order valence-corrected chi connectivity index (χ0v) is 14.4. The predicted octanol–water partition coefficient (Wildman–Crippen LogP) is 3.46. The summed E-state index contributed by atoms with van der Waals surface area (Å²) in [4.78, 5) is 27.6. The molecule has 0 atom stereocenters. The van der Waals surface area contributed by atoms with Crippen molar-refractivity contribution in [1.29, 1.82) is 0 Å². The van der Waals surface area contributed by atoms with Crippen LogP contribution in [0, 0.1) is 11.6 Å². The van der Waals surface area contributed by atoms with E-state index in [1.807, 2.05) is 0 Å². The average molecular weight is 392 g/mol. The maximum Gasteiger partial charge on any atom is 0.331 e. The molecule has 2 aromatic heterocycles. The summed E-state index contributed by atoms with van der Waals surface area (Å²) in [6.45, 7) is -0.638. The molecule has 9 heteroatoms. The standard InChI is InChI=1S/C18H12ClF2N3O3/c19-18-14(24-8-2-1-3-15(24)23-18)6-7-17(26)27-10-16(25)22-13-5-4-11(20)9-12(13)21/h1-9H,10H2,(H,22,25)/b7-6+. The quantitative estimate of drug-likeness (QED) is 0.534. The summed E-state index contributed by atoms with van der Waals surface area (Å²) in [6, 6.07) is 8.01. The molecule has 3 rings (SSSR count). The van der Waals surface area contributed by atoms with Gasteiger partial charge in [-0.1, -0.05) is 17.7 Å². The maximum atomic E-state index is 13.5. The summed E-state index contributed by atoms with van der Waals surface area (Å²) in [5, 5.41) is 2.38. The maximum absolute atomic E-state index is 13.5. The highest BCUT2D eigenvalue weighted by molar-refractivity contribution is 6.31. The zero-order valence-electron chi connectivity index (χ0n) is 13.7. The van der Waals surface area contributed by atoms with Gasteiger partial charge in [-0.3, -0.25) is 9.20 Å². The number of ether oxygens (including phenoxy) is 1. The van der Waals surface area contributed by atoms with Crippen molar-refractivity contribution in [3.63, 3.8) is 0 Å². The van der Waals surface area contributed by atoms with E-state index in [0.29, 0.717) is 17.4 Å². The largest absolute Gasteiger partial charge is 0.452 e. The minimum absolute atomic E-state index is 0.203. The van der Waals surface area contributed by atoms with Gasteiger partial charge in [-0.15, -0.1) is 0 Å². The fraction of sp³-hybridized carbons (Fsp3) is 0.0556. The van der Waals surface area contributed by atoms with Gasteiger partial charge in [0, 0.05) is 18.3 Å². The Morgan fingerprint density at radius 3 is 2.85 bits per heavy atom. The van der Waals surface area contributed by atoms with E-state index in [1.54, 1.807) is 28.8 Å². The fourth-order valence-electron chi connectivity index (χ4n) is 2.24. The second-order valence-electron chi connectivity index (χ2n) is 5.33. The van der Waals surface area contributed by atoms with Gasteiger partial charge in [-0.25, -0.2) is 18.6 Å². The van der Waals surface area contributed by atoms with E-state index in [9.17, 15) is 18.4 Å². The Morgan fingerprint density at radius 1 is 1.26 bits per heavy atom. The van der Waals surface area contributed by atoms with Crippen molar-refractivity contribution in [3.8, 4) is 0 Å². The zero-order chi connectivity index (χ0) is 19.4. The van der Waals surface area contributed by atoms with E-state index in [0.717, 1.165) is 18.2 Å². The van der Waals surface area contributed by atoms with Crippen LogP contribution >= 0.6 is 11.6 Å². The number of fused-ring (bicyclic) bond motifs is 1. The highest BCUT2D eigenvalue weighted by Crippen LogP contribution is 2.19. The summed E-state index contributed by atoms with van der Waals surface area (Å²) < 4.78 is 32.7. The highest BCUT2D eigenvalue weighted by atomic mass is 35.5. The molecule has 0 aliphatic carbocycles. The van der Waals surface area contributed by atoms with Crippen LogP contribution in [0.25, 0.3) is 11.7 Å². The second kappa shape index (κ2) is 7.96. The van der Waals surface area contributed by atoms with Crippen LogP contribution in [0.2, 0.25) is 5.15 Å². The number of hydrogen-bond acceptors (Lipinski definition) is 4. The number of hydrogen-bond donors (Lipinski definition) is 1. The molecule has 0 unspecified atom stereocenters. The molecule has 1 amide bonds. The van der Waals surface area contributed by atoms with Crippen molar-refractivity contribution in [2.75, 3.05) is 11.9 Å². The third kappa shape index (κ3) is 4.48. The third-order valence-electron chi connectivity index (χ3n) is 3.45. The van der Waals surface area contributed by atoms with E-state index >= 15 is 0 Å². The summed E-state index contributed by atoms with van der Waals surface area (Å²) in [5.41, 5.74) is 0.865. The number of aromatic nitrogens is 2. The molecule has 0 saturated carbocycles. The first-order valence-corrected chi connectivity index (χ1v) is 8.04. The number of amides is 1. The van der Waals surface area contributed by atoms with Gasteiger partial charge in [0.15, 0.2) is 11.8 Å². The minimum Gasteiger partial charge on any atom is -0.452 e. The molecule has 0 bridgehead atoms. The highest BCUT2D eigenvalue weighted by Gasteiger charge is 2.11. The number of carbonyl (C=O) groups is 2. The molecule has 6 nitrogen and oxygen atoms in total. The molecule has 3 aromatic rings. The Morgan fingerprint density at radius 2 is 2.07 bits per heavy atom. The van der Waals surface area contributed by atoms with Crippen LogP contribution in [0.3, 0.4) is 0 Å². The summed E-state index contributed by atoms with van der Waals surface area (Å²) in [5.74, 6) is -3.27. The number of rotatable bonds is 5. The molecule has 0 spiro atoms. The normalized spacial score (nSPS) is 11.1. The van der Waals surface area contributed by atoms with Crippen molar-refractivity contribution in [2.45, 2.75) is 0 Å². The first-order chi connectivity index (χ1) is 12.9. The summed E-state index contributed by atoms with van der Waals surface area (Å²) in [6.07, 6.45) is 4.22. The van der Waals surface area contributed by atoms with E-state index in [-0.39, 0.29) is 10.8 Å². The molecular weight excluding hydrogens is 380 g/mol. The van der Waals surface area contributed by atoms with Gasteiger partial charge in [-0.2, -0.15) is 0 Å². The van der Waals surface area contributed by atoms with Crippen molar-refractivity contribution in [3.05, 3.63) is 71.2 Å². The predicted molar refractivity (Wildman–Crippen MR) is 95.2 cm³/mol. The van der Waals surface area contributed by atoms with E-state index in [1.165, 1.54) is 6.08 Å². The first-order valence-electron chi connectivity index (χ1n) is 7.66. The molecule has 0 aliphatic heterocycles. The van der Waals surface area contributed by atoms with Gasteiger partial charge in [0.2, 0.25) is 0 Å². The monoisotopic (exact) mass is 391 g/mol. The molecule has 27 heavy (non-hydrogen) atoms. The molecule has 0 aliphatic rings. The van der Waals surface area contributed by atoms with Crippen molar-refractivity contribution in [1.82, 2.24) is 9.38 Å². The lowest BCUT2D eigenvalue weighted by Crippen LogP contribution is -2.20.